The molecule has 0 aromatic carbocycles. The third kappa shape index (κ3) is 4.39. The molecular weight excluding hydrogens is 458 g/mol. The minimum absolute atomic E-state index is 0.0236. The molecule has 0 bridgehead atoms. The predicted octanol–water partition coefficient (Wildman–Crippen LogP) is 2.09. The van der Waals surface area contributed by atoms with E-state index in [1.165, 1.54) is 34.6 Å². The summed E-state index contributed by atoms with van der Waals surface area (Å²) in [5.41, 5.74) is -0.734. The summed E-state index contributed by atoms with van der Waals surface area (Å²) in [6.45, 7) is 0.170. The van der Waals surface area contributed by atoms with Gasteiger partial charge in [0.15, 0.2) is 0 Å². The van der Waals surface area contributed by atoms with Gasteiger partial charge in [0.1, 0.15) is 18.8 Å². The zero-order valence-corrected chi connectivity index (χ0v) is 17.7. The predicted molar refractivity (Wildman–Crippen MR) is 109 cm³/mol. The fourth-order valence-electron chi connectivity index (χ4n) is 3.97. The van der Waals surface area contributed by atoms with E-state index in [2.05, 4.69) is 30.0 Å². The zero-order chi connectivity index (χ0) is 23.9. The summed E-state index contributed by atoms with van der Waals surface area (Å²) in [7, 11) is 0. The molecule has 1 saturated heterocycles. The molecule has 2 atom stereocenters. The van der Waals surface area contributed by atoms with Crippen molar-refractivity contribution in [2.45, 2.75) is 43.7 Å². The van der Waals surface area contributed by atoms with Crippen LogP contribution in [0.1, 0.15) is 35.2 Å². The molecule has 1 aliphatic heterocycles. The number of rotatable bonds is 5. The van der Waals surface area contributed by atoms with Gasteiger partial charge >= 0.3 is 6.18 Å². The summed E-state index contributed by atoms with van der Waals surface area (Å²) in [5.74, 6) is -0.0877. The lowest BCUT2D eigenvalue weighted by atomic mass is 10.00. The van der Waals surface area contributed by atoms with Crippen molar-refractivity contribution in [2.75, 3.05) is 18.0 Å². The lowest BCUT2D eigenvalue weighted by Gasteiger charge is -2.41. The van der Waals surface area contributed by atoms with Crippen molar-refractivity contribution in [1.29, 1.82) is 0 Å². The molecule has 0 N–H and O–H groups in total. The summed E-state index contributed by atoms with van der Waals surface area (Å²) >= 11 is 0. The van der Waals surface area contributed by atoms with Crippen molar-refractivity contribution < 1.29 is 22.4 Å². The topological polar surface area (TPSA) is 106 Å². The Hall–Kier alpha value is -3.71. The van der Waals surface area contributed by atoms with E-state index < -0.39 is 24.0 Å². The van der Waals surface area contributed by atoms with Crippen molar-refractivity contribution in [3.63, 3.8) is 0 Å². The molecule has 1 saturated carbocycles. The van der Waals surface area contributed by atoms with Crippen LogP contribution in [0.2, 0.25) is 0 Å². The van der Waals surface area contributed by atoms with E-state index in [0.29, 0.717) is 18.9 Å². The maximum absolute atomic E-state index is 15.3. The number of anilines is 1. The van der Waals surface area contributed by atoms with Gasteiger partial charge in [-0.2, -0.15) is 23.0 Å². The molecule has 4 heterocycles. The van der Waals surface area contributed by atoms with E-state index in [1.54, 1.807) is 4.90 Å². The number of carbonyl (C=O) groups excluding carboxylic acids is 1. The Labute approximate surface area is 190 Å². The van der Waals surface area contributed by atoms with Crippen molar-refractivity contribution >= 4 is 11.9 Å². The second kappa shape index (κ2) is 8.57. The maximum atomic E-state index is 15.3. The first kappa shape index (κ1) is 22.1. The van der Waals surface area contributed by atoms with E-state index in [-0.39, 0.29) is 42.4 Å². The number of alkyl halides is 4. The van der Waals surface area contributed by atoms with Gasteiger partial charge in [-0.25, -0.2) is 29.3 Å². The Bertz CT molecular complexity index is 1130. The monoisotopic (exact) mass is 477 g/mol. The van der Waals surface area contributed by atoms with E-state index in [4.69, 9.17) is 0 Å². The number of carbonyl (C=O) groups is 1. The van der Waals surface area contributed by atoms with Gasteiger partial charge in [0, 0.05) is 37.4 Å². The average molecular weight is 477 g/mol. The number of hydrogen-bond donors (Lipinski definition) is 0. The molecule has 1 aliphatic carbocycles. The van der Waals surface area contributed by atoms with E-state index >= 15 is 4.39 Å². The molecular formula is C20H19F4N9O. The van der Waals surface area contributed by atoms with Crippen molar-refractivity contribution in [3.05, 3.63) is 48.6 Å². The third-order valence-corrected chi connectivity index (χ3v) is 5.80. The van der Waals surface area contributed by atoms with E-state index in [9.17, 15) is 18.0 Å². The summed E-state index contributed by atoms with van der Waals surface area (Å²) in [5, 5.41) is 3.93. The fraction of sp³-hybridized carbons (Fsp3) is 0.450. The van der Waals surface area contributed by atoms with Gasteiger partial charge in [-0.05, 0) is 19.3 Å². The molecule has 2 aliphatic rings. The van der Waals surface area contributed by atoms with Crippen LogP contribution >= 0.6 is 0 Å². The summed E-state index contributed by atoms with van der Waals surface area (Å²) in [6, 6.07) is -0.750. The molecule has 3 aromatic rings. The largest absolute Gasteiger partial charge is 0.419 e. The highest BCUT2D eigenvalue weighted by molar-refractivity contribution is 5.94. The van der Waals surface area contributed by atoms with Gasteiger partial charge in [-0.15, -0.1) is 0 Å². The van der Waals surface area contributed by atoms with E-state index in [1.807, 2.05) is 0 Å². The number of amides is 1. The number of nitrogens with zero attached hydrogens (tertiary/aromatic N) is 9. The van der Waals surface area contributed by atoms with Gasteiger partial charge < -0.3 is 9.80 Å². The molecule has 178 valence electrons. The van der Waals surface area contributed by atoms with Crippen LogP contribution in [0, 0.1) is 0 Å². The van der Waals surface area contributed by atoms with Crippen LogP contribution in [0.25, 0.3) is 5.95 Å². The van der Waals surface area contributed by atoms with Crippen LogP contribution < -0.4 is 4.90 Å². The van der Waals surface area contributed by atoms with Crippen LogP contribution in [0.5, 0.6) is 0 Å². The van der Waals surface area contributed by atoms with Crippen molar-refractivity contribution in [2.24, 2.45) is 0 Å². The first-order valence-electron chi connectivity index (χ1n) is 10.6. The second-order valence-corrected chi connectivity index (χ2v) is 8.14. The second-order valence-electron chi connectivity index (χ2n) is 8.14. The number of piperidine rings is 1. The van der Waals surface area contributed by atoms with Crippen molar-refractivity contribution in [3.8, 4) is 5.95 Å². The smallest absolute Gasteiger partial charge is 0.338 e. The Morgan fingerprint density at radius 3 is 2.24 bits per heavy atom. The molecule has 2 unspecified atom stereocenters. The maximum Gasteiger partial charge on any atom is 0.419 e. The molecule has 2 fully saturated rings. The summed E-state index contributed by atoms with van der Waals surface area (Å²) in [6.07, 6.45) is 2.74. The zero-order valence-electron chi connectivity index (χ0n) is 17.7. The molecule has 0 spiro atoms. The van der Waals surface area contributed by atoms with Crippen molar-refractivity contribution in [1.82, 2.24) is 39.6 Å². The molecule has 10 nitrogen and oxygen atoms in total. The standard InChI is InChI=1S/C20H19F4N9O/c21-15-9-31(18-28-7-13(8-29-18)20(22,23)24)4-3-16(15)33(14-1-2-14)17(34)12-5-26-19(27-6-12)32-11-25-10-30-32/h5-8,10-11,14-16H,1-4,9H2. The number of hydrogen-bond acceptors (Lipinski definition) is 8. The quantitative estimate of drug-likeness (QED) is 0.515. The Morgan fingerprint density at radius 2 is 1.68 bits per heavy atom. The first-order valence-corrected chi connectivity index (χ1v) is 10.6. The average Bonchev–Trinajstić information content (AvgIpc) is 3.51. The Morgan fingerprint density at radius 1 is 1.00 bits per heavy atom. The minimum Gasteiger partial charge on any atom is -0.338 e. The molecule has 0 radical (unpaired) electrons. The molecule has 1 amide bonds. The molecule has 14 heteroatoms. The summed E-state index contributed by atoms with van der Waals surface area (Å²) in [4.78, 5) is 35.9. The van der Waals surface area contributed by atoms with Crippen LogP contribution in [-0.2, 0) is 6.18 Å². The molecule has 5 rings (SSSR count). The van der Waals surface area contributed by atoms with Gasteiger partial charge in [0.2, 0.25) is 5.95 Å². The van der Waals surface area contributed by atoms with Crippen LogP contribution in [0.15, 0.2) is 37.4 Å². The van der Waals surface area contributed by atoms with Gasteiger partial charge in [0.05, 0.1) is 23.7 Å². The Kier molecular flexibility index (Phi) is 5.57. The van der Waals surface area contributed by atoms with Crippen LogP contribution in [0.4, 0.5) is 23.5 Å². The third-order valence-electron chi connectivity index (χ3n) is 5.80. The highest BCUT2D eigenvalue weighted by Gasteiger charge is 2.44. The number of aromatic nitrogens is 7. The van der Waals surface area contributed by atoms with Crippen LogP contribution in [0.3, 0.4) is 0 Å². The molecule has 3 aromatic heterocycles. The minimum atomic E-state index is -4.55. The van der Waals surface area contributed by atoms with Gasteiger partial charge in [-0.1, -0.05) is 0 Å². The van der Waals surface area contributed by atoms with E-state index in [0.717, 1.165) is 12.8 Å². The highest BCUT2D eigenvalue weighted by atomic mass is 19.4. The first-order chi connectivity index (χ1) is 16.3. The Balaban J connectivity index is 1.29. The molecule has 34 heavy (non-hydrogen) atoms. The highest BCUT2D eigenvalue weighted by Crippen LogP contribution is 2.35. The summed E-state index contributed by atoms with van der Waals surface area (Å²) < 4.78 is 54.9. The lowest BCUT2D eigenvalue weighted by Crippen LogP contribution is -2.55. The van der Waals surface area contributed by atoms with Gasteiger partial charge in [0.25, 0.3) is 11.9 Å². The number of halogens is 4. The fourth-order valence-corrected chi connectivity index (χ4v) is 3.97. The lowest BCUT2D eigenvalue weighted by molar-refractivity contribution is -0.138. The van der Waals surface area contributed by atoms with Gasteiger partial charge in [-0.3, -0.25) is 4.79 Å². The normalized spacial score (nSPS) is 20.9. The van der Waals surface area contributed by atoms with Crippen LogP contribution in [-0.4, -0.2) is 76.9 Å². The SMILES string of the molecule is O=C(c1cnc(-n2cncn2)nc1)N(C1CC1)C1CCN(c2ncc(C(F)(F)F)cn2)CC1F.